The standard InChI is InChI=1S/C15H24N2O3/c1-4-8-17-15(18)12(10-16)9-11-6-5-7-13(19-2)14(11)20-3/h5-7,12H,4,8-10,16H2,1-3H3,(H,17,18). The molecule has 0 aliphatic carbocycles. The van der Waals surface area contributed by atoms with Crippen LogP contribution in [0.5, 0.6) is 11.5 Å². The highest BCUT2D eigenvalue weighted by atomic mass is 16.5. The Morgan fingerprint density at radius 2 is 2.10 bits per heavy atom. The van der Waals surface area contributed by atoms with Gasteiger partial charge in [0, 0.05) is 13.1 Å². The van der Waals surface area contributed by atoms with E-state index in [4.69, 9.17) is 15.2 Å². The van der Waals surface area contributed by atoms with Gasteiger partial charge in [0.05, 0.1) is 20.1 Å². The molecule has 0 saturated carbocycles. The molecular formula is C15H24N2O3. The van der Waals surface area contributed by atoms with E-state index in [0.717, 1.165) is 12.0 Å². The van der Waals surface area contributed by atoms with E-state index in [0.29, 0.717) is 31.0 Å². The largest absolute Gasteiger partial charge is 0.493 e. The molecule has 1 aromatic carbocycles. The summed E-state index contributed by atoms with van der Waals surface area (Å²) in [6, 6.07) is 5.64. The molecule has 0 fully saturated rings. The van der Waals surface area contributed by atoms with Crippen molar-refractivity contribution in [3.05, 3.63) is 23.8 Å². The van der Waals surface area contributed by atoms with Gasteiger partial charge in [-0.05, 0) is 24.5 Å². The Hall–Kier alpha value is -1.75. The predicted octanol–water partition coefficient (Wildman–Crippen LogP) is 1.35. The Bertz CT molecular complexity index is 435. The van der Waals surface area contributed by atoms with Crippen LogP contribution in [-0.4, -0.2) is 33.2 Å². The fourth-order valence-corrected chi connectivity index (χ4v) is 2.06. The van der Waals surface area contributed by atoms with Crippen molar-refractivity contribution < 1.29 is 14.3 Å². The SMILES string of the molecule is CCCNC(=O)C(CN)Cc1cccc(OC)c1OC. The van der Waals surface area contributed by atoms with Crippen LogP contribution in [0, 0.1) is 5.92 Å². The quantitative estimate of drug-likeness (QED) is 0.754. The van der Waals surface area contributed by atoms with Crippen molar-refractivity contribution in [1.29, 1.82) is 0 Å². The van der Waals surface area contributed by atoms with Crippen molar-refractivity contribution in [2.75, 3.05) is 27.3 Å². The molecule has 1 amide bonds. The lowest BCUT2D eigenvalue weighted by molar-refractivity contribution is -0.124. The van der Waals surface area contributed by atoms with Crippen molar-refractivity contribution in [1.82, 2.24) is 5.32 Å². The first-order valence-electron chi connectivity index (χ1n) is 6.85. The van der Waals surface area contributed by atoms with Crippen LogP contribution >= 0.6 is 0 Å². The molecule has 0 heterocycles. The molecule has 0 radical (unpaired) electrons. The Balaban J connectivity index is 2.87. The highest BCUT2D eigenvalue weighted by Gasteiger charge is 2.20. The average Bonchev–Trinajstić information content (AvgIpc) is 2.49. The highest BCUT2D eigenvalue weighted by Crippen LogP contribution is 2.32. The normalized spacial score (nSPS) is 11.8. The molecule has 0 aliphatic heterocycles. The summed E-state index contributed by atoms with van der Waals surface area (Å²) in [5, 5.41) is 2.88. The zero-order valence-electron chi connectivity index (χ0n) is 12.4. The number of carbonyl (C=O) groups is 1. The molecule has 0 saturated heterocycles. The Kier molecular flexibility index (Phi) is 6.87. The Morgan fingerprint density at radius 3 is 2.65 bits per heavy atom. The molecule has 3 N–H and O–H groups in total. The molecule has 0 aromatic heterocycles. The smallest absolute Gasteiger partial charge is 0.224 e. The van der Waals surface area contributed by atoms with Crippen LogP contribution < -0.4 is 20.5 Å². The van der Waals surface area contributed by atoms with Crippen LogP contribution in [-0.2, 0) is 11.2 Å². The van der Waals surface area contributed by atoms with E-state index >= 15 is 0 Å². The molecule has 0 aliphatic rings. The van der Waals surface area contributed by atoms with Crippen molar-refractivity contribution in [3.63, 3.8) is 0 Å². The minimum absolute atomic E-state index is 0.0146. The molecule has 1 unspecified atom stereocenters. The van der Waals surface area contributed by atoms with Gasteiger partial charge in [0.15, 0.2) is 11.5 Å². The number of ether oxygens (including phenoxy) is 2. The summed E-state index contributed by atoms with van der Waals surface area (Å²) in [6.07, 6.45) is 1.44. The Labute approximate surface area is 120 Å². The van der Waals surface area contributed by atoms with E-state index in [1.54, 1.807) is 14.2 Å². The third-order valence-corrected chi connectivity index (χ3v) is 3.16. The second-order valence-electron chi connectivity index (χ2n) is 4.58. The third kappa shape index (κ3) is 4.13. The number of amides is 1. The van der Waals surface area contributed by atoms with Crippen molar-refractivity contribution in [2.45, 2.75) is 19.8 Å². The van der Waals surface area contributed by atoms with Gasteiger partial charge in [0.1, 0.15) is 0 Å². The minimum Gasteiger partial charge on any atom is -0.493 e. The zero-order valence-corrected chi connectivity index (χ0v) is 12.4. The number of hydrogen-bond donors (Lipinski definition) is 2. The Morgan fingerprint density at radius 1 is 1.35 bits per heavy atom. The molecule has 20 heavy (non-hydrogen) atoms. The molecule has 5 heteroatoms. The molecule has 0 spiro atoms. The van der Waals surface area contributed by atoms with E-state index in [2.05, 4.69) is 5.32 Å². The maximum absolute atomic E-state index is 12.0. The van der Waals surface area contributed by atoms with Gasteiger partial charge >= 0.3 is 0 Å². The first-order chi connectivity index (χ1) is 9.67. The van der Waals surface area contributed by atoms with Crippen molar-refractivity contribution in [3.8, 4) is 11.5 Å². The first kappa shape index (κ1) is 16.3. The van der Waals surface area contributed by atoms with Crippen LogP contribution in [0.25, 0.3) is 0 Å². The summed E-state index contributed by atoms with van der Waals surface area (Å²) in [5.41, 5.74) is 6.65. The topological polar surface area (TPSA) is 73.6 Å². The molecule has 1 aromatic rings. The van der Waals surface area contributed by atoms with Crippen LogP contribution in [0.4, 0.5) is 0 Å². The molecule has 1 atom stereocenters. The average molecular weight is 280 g/mol. The lowest BCUT2D eigenvalue weighted by atomic mass is 9.97. The second kappa shape index (κ2) is 8.43. The van der Waals surface area contributed by atoms with Crippen LogP contribution in [0.2, 0.25) is 0 Å². The van der Waals surface area contributed by atoms with Crippen LogP contribution in [0.1, 0.15) is 18.9 Å². The predicted molar refractivity (Wildman–Crippen MR) is 79.1 cm³/mol. The summed E-state index contributed by atoms with van der Waals surface area (Å²) >= 11 is 0. The van der Waals surface area contributed by atoms with Gasteiger partial charge in [-0.15, -0.1) is 0 Å². The molecule has 0 bridgehead atoms. The number of methoxy groups -OCH3 is 2. The summed E-state index contributed by atoms with van der Waals surface area (Å²) < 4.78 is 10.6. The zero-order chi connectivity index (χ0) is 15.0. The third-order valence-electron chi connectivity index (χ3n) is 3.16. The van der Waals surface area contributed by atoms with E-state index in [1.807, 2.05) is 25.1 Å². The lowest BCUT2D eigenvalue weighted by Gasteiger charge is -2.17. The number of benzene rings is 1. The van der Waals surface area contributed by atoms with E-state index in [-0.39, 0.29) is 11.8 Å². The van der Waals surface area contributed by atoms with Crippen molar-refractivity contribution >= 4 is 5.91 Å². The second-order valence-corrected chi connectivity index (χ2v) is 4.58. The van der Waals surface area contributed by atoms with Crippen LogP contribution in [0.3, 0.4) is 0 Å². The number of nitrogens with one attached hydrogen (secondary N) is 1. The van der Waals surface area contributed by atoms with Gasteiger partial charge in [0.2, 0.25) is 5.91 Å². The maximum atomic E-state index is 12.0. The summed E-state index contributed by atoms with van der Waals surface area (Å²) in [6.45, 7) is 2.99. The van der Waals surface area contributed by atoms with E-state index < -0.39 is 0 Å². The molecular weight excluding hydrogens is 256 g/mol. The first-order valence-corrected chi connectivity index (χ1v) is 6.85. The number of para-hydroxylation sites is 1. The van der Waals surface area contributed by atoms with Crippen LogP contribution in [0.15, 0.2) is 18.2 Å². The minimum atomic E-state index is -0.262. The summed E-state index contributed by atoms with van der Waals surface area (Å²) in [5.74, 6) is 1.05. The lowest BCUT2D eigenvalue weighted by Crippen LogP contribution is -2.36. The fraction of sp³-hybridized carbons (Fsp3) is 0.533. The number of carbonyl (C=O) groups excluding carboxylic acids is 1. The summed E-state index contributed by atoms with van der Waals surface area (Å²) in [4.78, 5) is 12.0. The molecule has 112 valence electrons. The van der Waals surface area contributed by atoms with Gasteiger partial charge in [-0.2, -0.15) is 0 Å². The fourth-order valence-electron chi connectivity index (χ4n) is 2.06. The van der Waals surface area contributed by atoms with Gasteiger partial charge in [-0.25, -0.2) is 0 Å². The highest BCUT2D eigenvalue weighted by molar-refractivity contribution is 5.79. The van der Waals surface area contributed by atoms with Gasteiger partial charge in [-0.1, -0.05) is 19.1 Å². The molecule has 1 rings (SSSR count). The monoisotopic (exact) mass is 280 g/mol. The summed E-state index contributed by atoms with van der Waals surface area (Å²) in [7, 11) is 3.19. The molecule has 5 nitrogen and oxygen atoms in total. The van der Waals surface area contributed by atoms with E-state index in [9.17, 15) is 4.79 Å². The van der Waals surface area contributed by atoms with E-state index in [1.165, 1.54) is 0 Å². The van der Waals surface area contributed by atoms with Gasteiger partial charge in [-0.3, -0.25) is 4.79 Å². The van der Waals surface area contributed by atoms with Crippen molar-refractivity contribution in [2.24, 2.45) is 11.7 Å². The number of hydrogen-bond acceptors (Lipinski definition) is 4. The maximum Gasteiger partial charge on any atom is 0.224 e. The van der Waals surface area contributed by atoms with Gasteiger partial charge < -0.3 is 20.5 Å². The van der Waals surface area contributed by atoms with Gasteiger partial charge in [0.25, 0.3) is 0 Å². The number of rotatable bonds is 8. The number of nitrogens with two attached hydrogens (primary N) is 1.